The van der Waals surface area contributed by atoms with E-state index in [1.165, 1.54) is 12.1 Å². The lowest BCUT2D eigenvalue weighted by Gasteiger charge is -2.17. The van der Waals surface area contributed by atoms with Crippen molar-refractivity contribution in [2.45, 2.75) is 18.7 Å². The number of nitrogens with zero attached hydrogens (tertiary/aromatic N) is 5. The summed E-state index contributed by atoms with van der Waals surface area (Å²) in [5, 5.41) is 12.8. The lowest BCUT2D eigenvalue weighted by atomic mass is 10.2. The van der Waals surface area contributed by atoms with Crippen molar-refractivity contribution in [3.05, 3.63) is 53.2 Å². The minimum Gasteiger partial charge on any atom is -0.405 e. The molecule has 0 saturated carbocycles. The van der Waals surface area contributed by atoms with Crippen LogP contribution in [0.25, 0.3) is 0 Å². The molecule has 0 radical (unpaired) electrons. The number of pyridine rings is 1. The fraction of sp³-hybridized carbons (Fsp3) is 0.263. The molecule has 162 valence electrons. The number of hydrogen-bond acceptors (Lipinski definition) is 8. The molecule has 0 amide bonds. The molecule has 0 bridgehead atoms. The SMILES string of the molecule is O[C@@H]1CCN(c2nc(Nc3cccc(C(F)(F)F)c3)nc(Oc3cccc(Cl)n3)n2)C1. The monoisotopic (exact) mass is 452 g/mol. The van der Waals surface area contributed by atoms with Gasteiger partial charge in [-0.25, -0.2) is 4.98 Å². The Morgan fingerprint density at radius 1 is 1.10 bits per heavy atom. The highest BCUT2D eigenvalue weighted by molar-refractivity contribution is 6.29. The van der Waals surface area contributed by atoms with Crippen LogP contribution < -0.4 is 15.0 Å². The molecule has 1 fully saturated rings. The minimum atomic E-state index is -4.49. The highest BCUT2D eigenvalue weighted by Gasteiger charge is 2.30. The summed E-state index contributed by atoms with van der Waals surface area (Å²) in [6, 6.07) is 9.27. The Hall–Kier alpha value is -3.18. The van der Waals surface area contributed by atoms with Gasteiger partial charge in [0.25, 0.3) is 0 Å². The van der Waals surface area contributed by atoms with Crippen LogP contribution in [0.5, 0.6) is 11.9 Å². The molecule has 1 saturated heterocycles. The molecule has 2 N–H and O–H groups in total. The summed E-state index contributed by atoms with van der Waals surface area (Å²) < 4.78 is 44.6. The van der Waals surface area contributed by atoms with Gasteiger partial charge in [0.2, 0.25) is 17.8 Å². The third kappa shape index (κ3) is 5.30. The zero-order valence-electron chi connectivity index (χ0n) is 15.8. The first-order valence-electron chi connectivity index (χ1n) is 9.20. The molecule has 3 heterocycles. The highest BCUT2D eigenvalue weighted by Crippen LogP contribution is 2.31. The van der Waals surface area contributed by atoms with Crippen LogP contribution in [-0.4, -0.2) is 44.2 Å². The minimum absolute atomic E-state index is 0.0252. The fourth-order valence-electron chi connectivity index (χ4n) is 2.95. The molecule has 3 aromatic rings. The molecule has 1 aliphatic heterocycles. The van der Waals surface area contributed by atoms with Gasteiger partial charge in [0, 0.05) is 24.8 Å². The second-order valence-corrected chi connectivity index (χ2v) is 7.12. The molecule has 0 unspecified atom stereocenters. The molecule has 1 aliphatic rings. The van der Waals surface area contributed by atoms with Crippen molar-refractivity contribution in [1.29, 1.82) is 0 Å². The maximum Gasteiger partial charge on any atom is 0.416 e. The van der Waals surface area contributed by atoms with Gasteiger partial charge >= 0.3 is 12.2 Å². The maximum atomic E-state index is 13.0. The van der Waals surface area contributed by atoms with Crippen LogP contribution in [0, 0.1) is 0 Å². The normalized spacial score (nSPS) is 16.4. The standard InChI is InChI=1S/C19H16ClF3N6O2/c20-14-5-2-6-15(25-14)31-18-27-16(26-17(28-18)29-8-7-13(30)10-29)24-12-4-1-3-11(9-12)19(21,22)23/h1-6,9,13,30H,7-8,10H2,(H,24,26,27,28)/t13-/m1/s1. The number of aliphatic hydroxyl groups excluding tert-OH is 1. The predicted octanol–water partition coefficient (Wildman–Crippen LogP) is 4.05. The molecule has 0 aliphatic carbocycles. The first-order valence-corrected chi connectivity index (χ1v) is 9.58. The summed E-state index contributed by atoms with van der Waals surface area (Å²) in [6.07, 6.45) is -4.48. The molecular formula is C19H16ClF3N6O2. The van der Waals surface area contributed by atoms with Gasteiger partial charge in [-0.05, 0) is 30.7 Å². The van der Waals surface area contributed by atoms with Gasteiger partial charge in [-0.15, -0.1) is 0 Å². The van der Waals surface area contributed by atoms with Crippen molar-refractivity contribution in [2.75, 3.05) is 23.3 Å². The van der Waals surface area contributed by atoms with Crippen LogP contribution in [0.2, 0.25) is 5.15 Å². The number of benzene rings is 1. The number of halogens is 4. The number of alkyl halides is 3. The zero-order chi connectivity index (χ0) is 22.0. The number of aliphatic hydroxyl groups is 1. The average Bonchev–Trinajstić information content (AvgIpc) is 3.14. The van der Waals surface area contributed by atoms with Crippen molar-refractivity contribution in [2.24, 2.45) is 0 Å². The fourth-order valence-corrected chi connectivity index (χ4v) is 3.11. The van der Waals surface area contributed by atoms with Gasteiger partial charge in [-0.2, -0.15) is 28.1 Å². The van der Waals surface area contributed by atoms with Crippen LogP contribution in [-0.2, 0) is 6.18 Å². The Kier molecular flexibility index (Phi) is 5.79. The number of ether oxygens (including phenoxy) is 1. The number of β-amino-alcohol motifs (C(OH)–C–C–N with tert-alkyl or cyclic N) is 1. The van der Waals surface area contributed by atoms with E-state index in [1.54, 1.807) is 23.1 Å². The first-order chi connectivity index (χ1) is 14.8. The lowest BCUT2D eigenvalue weighted by Crippen LogP contribution is -2.24. The van der Waals surface area contributed by atoms with Gasteiger partial charge in [-0.3, -0.25) is 0 Å². The van der Waals surface area contributed by atoms with E-state index < -0.39 is 17.8 Å². The second-order valence-electron chi connectivity index (χ2n) is 6.73. The number of rotatable bonds is 5. The Morgan fingerprint density at radius 3 is 2.61 bits per heavy atom. The molecule has 1 aromatic carbocycles. The van der Waals surface area contributed by atoms with Crippen molar-refractivity contribution < 1.29 is 23.0 Å². The van der Waals surface area contributed by atoms with Crippen molar-refractivity contribution in [1.82, 2.24) is 19.9 Å². The van der Waals surface area contributed by atoms with E-state index in [4.69, 9.17) is 16.3 Å². The summed E-state index contributed by atoms with van der Waals surface area (Å²) in [7, 11) is 0. The van der Waals surface area contributed by atoms with E-state index in [-0.39, 0.29) is 34.6 Å². The van der Waals surface area contributed by atoms with Crippen LogP contribution in [0.4, 0.5) is 30.8 Å². The number of anilines is 3. The van der Waals surface area contributed by atoms with Crippen molar-refractivity contribution in [3.63, 3.8) is 0 Å². The number of aromatic nitrogens is 4. The molecule has 12 heteroatoms. The molecule has 1 atom stereocenters. The van der Waals surface area contributed by atoms with Gasteiger partial charge in [0.15, 0.2) is 0 Å². The van der Waals surface area contributed by atoms with Crippen LogP contribution in [0.1, 0.15) is 12.0 Å². The summed E-state index contributed by atoms with van der Waals surface area (Å²) in [6.45, 7) is 0.810. The van der Waals surface area contributed by atoms with E-state index in [2.05, 4.69) is 25.3 Å². The number of hydrogen-bond donors (Lipinski definition) is 2. The predicted molar refractivity (Wildman–Crippen MR) is 107 cm³/mol. The Labute approximate surface area is 179 Å². The zero-order valence-corrected chi connectivity index (χ0v) is 16.6. The molecule has 31 heavy (non-hydrogen) atoms. The van der Waals surface area contributed by atoms with E-state index >= 15 is 0 Å². The molecule has 0 spiro atoms. The van der Waals surface area contributed by atoms with Gasteiger partial charge < -0.3 is 20.1 Å². The van der Waals surface area contributed by atoms with E-state index in [0.717, 1.165) is 12.1 Å². The largest absolute Gasteiger partial charge is 0.416 e. The highest BCUT2D eigenvalue weighted by atomic mass is 35.5. The van der Waals surface area contributed by atoms with Crippen molar-refractivity contribution >= 4 is 29.2 Å². The summed E-state index contributed by atoms with van der Waals surface area (Å²) in [4.78, 5) is 18.4. The Balaban J connectivity index is 1.66. The van der Waals surface area contributed by atoms with E-state index in [9.17, 15) is 18.3 Å². The summed E-state index contributed by atoms with van der Waals surface area (Å²) >= 11 is 5.87. The average molecular weight is 453 g/mol. The van der Waals surface area contributed by atoms with Crippen molar-refractivity contribution in [3.8, 4) is 11.9 Å². The lowest BCUT2D eigenvalue weighted by molar-refractivity contribution is -0.137. The molecule has 2 aromatic heterocycles. The summed E-state index contributed by atoms with van der Waals surface area (Å²) in [5.41, 5.74) is -0.672. The smallest absolute Gasteiger partial charge is 0.405 e. The molecule has 4 rings (SSSR count). The van der Waals surface area contributed by atoms with Crippen LogP contribution in [0.3, 0.4) is 0 Å². The number of nitrogens with one attached hydrogen (secondary N) is 1. The Morgan fingerprint density at radius 2 is 1.90 bits per heavy atom. The molecular weight excluding hydrogens is 437 g/mol. The maximum absolute atomic E-state index is 13.0. The third-order valence-corrected chi connectivity index (χ3v) is 4.59. The first kappa shape index (κ1) is 21.1. The van der Waals surface area contributed by atoms with E-state index in [1.807, 2.05) is 0 Å². The van der Waals surface area contributed by atoms with Gasteiger partial charge in [0.1, 0.15) is 5.15 Å². The van der Waals surface area contributed by atoms with E-state index in [0.29, 0.717) is 19.5 Å². The van der Waals surface area contributed by atoms with Gasteiger partial charge in [0.05, 0.1) is 11.7 Å². The Bertz CT molecular complexity index is 1080. The quantitative estimate of drug-likeness (QED) is 0.560. The molecule has 8 nitrogen and oxygen atoms in total. The van der Waals surface area contributed by atoms with Gasteiger partial charge in [-0.1, -0.05) is 23.7 Å². The van der Waals surface area contributed by atoms with Crippen LogP contribution in [0.15, 0.2) is 42.5 Å². The third-order valence-electron chi connectivity index (χ3n) is 4.38. The topological polar surface area (TPSA) is 96.3 Å². The van der Waals surface area contributed by atoms with Crippen LogP contribution >= 0.6 is 11.6 Å². The second kappa shape index (κ2) is 8.52. The summed E-state index contributed by atoms with van der Waals surface area (Å²) in [5.74, 6) is 0.317.